The highest BCUT2D eigenvalue weighted by Gasteiger charge is 2.00. The van der Waals surface area contributed by atoms with E-state index in [4.69, 9.17) is 10.5 Å². The van der Waals surface area contributed by atoms with Crippen LogP contribution in [0.25, 0.3) is 0 Å². The number of hydrogen-bond donors (Lipinski definition) is 3. The lowest BCUT2D eigenvalue weighted by molar-refractivity contribution is -0.117. The zero-order chi connectivity index (χ0) is 7.98. The van der Waals surface area contributed by atoms with Crippen LogP contribution in [-0.2, 0) is 4.79 Å². The Morgan fingerprint density at radius 3 is 2.80 bits per heavy atom. The number of aliphatic hydroxyl groups is 1. The second-order valence-corrected chi connectivity index (χ2v) is 1.65. The zero-order valence-electron chi connectivity index (χ0n) is 5.55. The quantitative estimate of drug-likeness (QED) is 0.358. The predicted molar refractivity (Wildman–Crippen MR) is 38.0 cm³/mol. The van der Waals surface area contributed by atoms with Crippen molar-refractivity contribution >= 4 is 12.1 Å². The molecule has 0 heterocycles. The Bertz CT molecular complexity index is 154. The Kier molecular flexibility index (Phi) is 4.15. The third-order valence-corrected chi connectivity index (χ3v) is 0.863. The summed E-state index contributed by atoms with van der Waals surface area (Å²) in [5.74, 6) is -0.413. The Morgan fingerprint density at radius 1 is 1.80 bits per heavy atom. The molecule has 0 atom stereocenters. The van der Waals surface area contributed by atoms with Gasteiger partial charge >= 0.3 is 0 Å². The second-order valence-electron chi connectivity index (χ2n) is 1.65. The molecule has 56 valence electrons. The van der Waals surface area contributed by atoms with E-state index in [1.807, 2.05) is 0 Å². The van der Waals surface area contributed by atoms with Gasteiger partial charge in [-0.25, -0.2) is 0 Å². The number of aliphatic hydroxyl groups excluding tert-OH is 1. The summed E-state index contributed by atoms with van der Waals surface area (Å²) >= 11 is 0. The van der Waals surface area contributed by atoms with Crippen molar-refractivity contribution in [3.8, 4) is 0 Å². The fraction of sp³-hybridized carbons (Fsp3) is 0.333. The molecule has 0 bridgehead atoms. The molecule has 4 nitrogen and oxygen atoms in total. The van der Waals surface area contributed by atoms with E-state index >= 15 is 0 Å². The van der Waals surface area contributed by atoms with Crippen LogP contribution in [0.2, 0.25) is 0 Å². The highest BCUT2D eigenvalue weighted by atomic mass is 16.3. The fourth-order valence-electron chi connectivity index (χ4n) is 0.349. The van der Waals surface area contributed by atoms with Gasteiger partial charge in [0.05, 0.1) is 6.61 Å². The van der Waals surface area contributed by atoms with Crippen LogP contribution < -0.4 is 5.32 Å². The van der Waals surface area contributed by atoms with Gasteiger partial charge in [-0.2, -0.15) is 0 Å². The minimum absolute atomic E-state index is 0.0912. The summed E-state index contributed by atoms with van der Waals surface area (Å²) in [4.78, 5) is 10.7. The van der Waals surface area contributed by atoms with Gasteiger partial charge in [-0.05, 0) is 0 Å². The number of amides is 1. The van der Waals surface area contributed by atoms with E-state index in [1.54, 1.807) is 0 Å². The number of carbonyl (C=O) groups excluding carboxylic acids is 1. The van der Waals surface area contributed by atoms with Gasteiger partial charge in [-0.15, -0.1) is 0 Å². The normalized spacial score (nSPS) is 8.50. The minimum Gasteiger partial charge on any atom is -0.395 e. The summed E-state index contributed by atoms with van der Waals surface area (Å²) in [6.07, 6.45) is 0.868. The van der Waals surface area contributed by atoms with Crippen molar-refractivity contribution in [1.29, 1.82) is 5.41 Å². The molecule has 1 amide bonds. The zero-order valence-corrected chi connectivity index (χ0v) is 5.55. The van der Waals surface area contributed by atoms with Crippen LogP contribution in [0, 0.1) is 5.41 Å². The summed E-state index contributed by atoms with van der Waals surface area (Å²) in [6, 6.07) is 0. The van der Waals surface area contributed by atoms with E-state index in [-0.39, 0.29) is 18.7 Å². The highest BCUT2D eigenvalue weighted by molar-refractivity contribution is 6.10. The number of hydrogen-bond acceptors (Lipinski definition) is 3. The Labute approximate surface area is 59.1 Å². The standard InChI is InChI=1S/C6H10N2O2/c1-5(4-7)6(10)8-2-3-9/h4,7,9H,1-3H2,(H,8,10). The van der Waals surface area contributed by atoms with Crippen molar-refractivity contribution < 1.29 is 9.90 Å². The predicted octanol–water partition coefficient (Wildman–Crippen LogP) is -0.699. The van der Waals surface area contributed by atoms with Crippen LogP contribution in [0.4, 0.5) is 0 Å². The molecule has 0 saturated carbocycles. The molecule has 0 rings (SSSR count). The highest BCUT2D eigenvalue weighted by Crippen LogP contribution is 1.81. The van der Waals surface area contributed by atoms with Gasteiger partial charge in [0.1, 0.15) is 0 Å². The molecule has 0 aromatic rings. The van der Waals surface area contributed by atoms with Crippen LogP contribution in [0.1, 0.15) is 0 Å². The number of carbonyl (C=O) groups is 1. The van der Waals surface area contributed by atoms with Gasteiger partial charge in [0.15, 0.2) is 0 Å². The van der Waals surface area contributed by atoms with E-state index in [1.165, 1.54) is 0 Å². The summed E-state index contributed by atoms with van der Waals surface area (Å²) in [6.45, 7) is 3.39. The van der Waals surface area contributed by atoms with Crippen molar-refractivity contribution in [1.82, 2.24) is 5.32 Å². The maximum atomic E-state index is 10.7. The van der Waals surface area contributed by atoms with E-state index < -0.39 is 5.91 Å². The molecular weight excluding hydrogens is 132 g/mol. The average molecular weight is 142 g/mol. The monoisotopic (exact) mass is 142 g/mol. The summed E-state index contributed by atoms with van der Waals surface area (Å²) in [5.41, 5.74) is 0.0912. The lowest BCUT2D eigenvalue weighted by atomic mass is 10.3. The van der Waals surface area contributed by atoms with E-state index in [0.717, 1.165) is 6.21 Å². The van der Waals surface area contributed by atoms with Crippen molar-refractivity contribution in [2.24, 2.45) is 0 Å². The van der Waals surface area contributed by atoms with Crippen LogP contribution >= 0.6 is 0 Å². The lowest BCUT2D eigenvalue weighted by Crippen LogP contribution is -2.27. The molecule has 4 heteroatoms. The summed E-state index contributed by atoms with van der Waals surface area (Å²) in [5, 5.41) is 17.2. The number of rotatable bonds is 4. The van der Waals surface area contributed by atoms with Crippen LogP contribution in [-0.4, -0.2) is 30.4 Å². The molecule has 0 aromatic heterocycles. The molecule has 0 radical (unpaired) electrons. The van der Waals surface area contributed by atoms with Gasteiger partial charge in [0.25, 0.3) is 5.91 Å². The molecule has 3 N–H and O–H groups in total. The van der Waals surface area contributed by atoms with Crippen molar-refractivity contribution in [2.45, 2.75) is 0 Å². The van der Waals surface area contributed by atoms with Crippen molar-refractivity contribution in [2.75, 3.05) is 13.2 Å². The Balaban J connectivity index is 3.62. The maximum Gasteiger partial charge on any atom is 0.252 e. The first-order chi connectivity index (χ1) is 4.72. The van der Waals surface area contributed by atoms with Gasteiger partial charge in [-0.3, -0.25) is 4.79 Å². The molecule has 0 aliphatic rings. The Morgan fingerprint density at radius 2 is 2.40 bits per heavy atom. The summed E-state index contributed by atoms with van der Waals surface area (Å²) in [7, 11) is 0. The largest absolute Gasteiger partial charge is 0.395 e. The smallest absolute Gasteiger partial charge is 0.252 e. The van der Waals surface area contributed by atoms with Crippen LogP contribution in [0.15, 0.2) is 12.2 Å². The molecule has 10 heavy (non-hydrogen) atoms. The number of nitrogens with one attached hydrogen (secondary N) is 2. The molecule has 0 aromatic carbocycles. The second kappa shape index (κ2) is 4.69. The third-order valence-electron chi connectivity index (χ3n) is 0.863. The first-order valence-electron chi connectivity index (χ1n) is 2.80. The molecule has 0 fully saturated rings. The molecule has 0 saturated heterocycles. The minimum atomic E-state index is -0.413. The first kappa shape index (κ1) is 8.84. The molecule has 0 unspecified atom stereocenters. The maximum absolute atomic E-state index is 10.7. The van der Waals surface area contributed by atoms with Gasteiger partial charge in [0.2, 0.25) is 0 Å². The molecular formula is C6H10N2O2. The molecule has 0 aliphatic carbocycles. The molecule has 0 spiro atoms. The van der Waals surface area contributed by atoms with Crippen LogP contribution in [0.5, 0.6) is 0 Å². The SMILES string of the molecule is C=C(C=N)C(=O)NCCO. The Hall–Kier alpha value is -1.16. The topological polar surface area (TPSA) is 73.2 Å². The van der Waals surface area contributed by atoms with Gasteiger partial charge in [-0.1, -0.05) is 6.58 Å². The van der Waals surface area contributed by atoms with E-state index in [2.05, 4.69) is 11.9 Å². The van der Waals surface area contributed by atoms with Gasteiger partial charge < -0.3 is 15.8 Å². The first-order valence-corrected chi connectivity index (χ1v) is 2.80. The fourth-order valence-corrected chi connectivity index (χ4v) is 0.349. The molecule has 0 aliphatic heterocycles. The summed E-state index contributed by atoms with van der Waals surface area (Å²) < 4.78 is 0. The average Bonchev–Trinajstić information content (AvgIpc) is 1.98. The lowest BCUT2D eigenvalue weighted by Gasteiger charge is -1.99. The van der Waals surface area contributed by atoms with Crippen LogP contribution in [0.3, 0.4) is 0 Å². The van der Waals surface area contributed by atoms with E-state index in [9.17, 15) is 4.79 Å². The van der Waals surface area contributed by atoms with Gasteiger partial charge in [0, 0.05) is 18.3 Å². The van der Waals surface area contributed by atoms with Crippen molar-refractivity contribution in [3.63, 3.8) is 0 Å². The third kappa shape index (κ3) is 2.99. The van der Waals surface area contributed by atoms with E-state index in [0.29, 0.717) is 0 Å². The van der Waals surface area contributed by atoms with Crippen molar-refractivity contribution in [3.05, 3.63) is 12.2 Å².